The first-order chi connectivity index (χ1) is 9.86. The summed E-state index contributed by atoms with van der Waals surface area (Å²) < 4.78 is 25.9. The molecule has 0 aliphatic heterocycles. The van der Waals surface area contributed by atoms with Gasteiger partial charge in [-0.15, -0.1) is 0 Å². The van der Waals surface area contributed by atoms with E-state index in [9.17, 15) is 13.6 Å². The summed E-state index contributed by atoms with van der Waals surface area (Å²) in [6.07, 6.45) is 0. The molecule has 2 aromatic rings. The zero-order valence-electron chi connectivity index (χ0n) is 12.1. The number of anilines is 2. The highest BCUT2D eigenvalue weighted by molar-refractivity contribution is 6.00. The maximum atomic E-state index is 13.1. The Labute approximate surface area is 122 Å². The molecule has 2 N–H and O–H groups in total. The van der Waals surface area contributed by atoms with Crippen LogP contribution in [0.5, 0.6) is 0 Å². The van der Waals surface area contributed by atoms with E-state index in [2.05, 4.69) is 10.6 Å². The second-order valence-corrected chi connectivity index (χ2v) is 4.98. The number of amides is 2. The van der Waals surface area contributed by atoms with Crippen molar-refractivity contribution in [3.63, 3.8) is 0 Å². The van der Waals surface area contributed by atoms with Crippen LogP contribution in [0, 0.1) is 32.4 Å². The third kappa shape index (κ3) is 3.56. The van der Waals surface area contributed by atoms with Gasteiger partial charge in [-0.1, -0.05) is 17.7 Å². The number of nitrogens with one attached hydrogen (secondary N) is 2. The molecule has 0 bridgehead atoms. The lowest BCUT2D eigenvalue weighted by Gasteiger charge is -2.13. The molecule has 0 spiro atoms. The summed E-state index contributed by atoms with van der Waals surface area (Å²) in [7, 11) is 0. The van der Waals surface area contributed by atoms with Gasteiger partial charge in [-0.2, -0.15) is 0 Å². The fourth-order valence-corrected chi connectivity index (χ4v) is 2.23. The lowest BCUT2D eigenvalue weighted by Crippen LogP contribution is -2.20. The Balaban J connectivity index is 2.13. The number of urea groups is 1. The zero-order chi connectivity index (χ0) is 15.6. The fraction of sp³-hybridized carbons (Fsp3) is 0.188. The molecule has 0 fully saturated rings. The molecule has 2 aromatic carbocycles. The smallest absolute Gasteiger partial charge is 0.308 e. The second kappa shape index (κ2) is 5.91. The summed E-state index contributed by atoms with van der Waals surface area (Å²) in [6.45, 7) is 5.77. The van der Waals surface area contributed by atoms with E-state index in [0.717, 1.165) is 28.8 Å². The fourth-order valence-electron chi connectivity index (χ4n) is 2.23. The van der Waals surface area contributed by atoms with Crippen molar-refractivity contribution in [2.45, 2.75) is 20.8 Å². The van der Waals surface area contributed by atoms with Gasteiger partial charge < -0.3 is 10.6 Å². The van der Waals surface area contributed by atoms with E-state index in [1.165, 1.54) is 6.07 Å². The largest absolute Gasteiger partial charge is 0.323 e. The van der Waals surface area contributed by atoms with Crippen molar-refractivity contribution in [1.29, 1.82) is 0 Å². The van der Waals surface area contributed by atoms with E-state index < -0.39 is 17.7 Å². The number of hydrogen-bond acceptors (Lipinski definition) is 1. The standard InChI is InChI=1S/C16H16F2N2O/c1-9-6-10(2)15(11(3)7-9)20-16(21)19-12-4-5-13(17)14(18)8-12/h4-8H,1-3H3,(H2,19,20,21). The third-order valence-electron chi connectivity index (χ3n) is 3.09. The van der Waals surface area contributed by atoms with Crippen LogP contribution in [-0.4, -0.2) is 6.03 Å². The first-order valence-electron chi connectivity index (χ1n) is 6.47. The molecule has 0 aliphatic rings. The van der Waals surface area contributed by atoms with E-state index in [1.54, 1.807) is 0 Å². The maximum absolute atomic E-state index is 13.1. The molecule has 0 aromatic heterocycles. The predicted molar refractivity (Wildman–Crippen MR) is 79.7 cm³/mol. The molecule has 0 saturated heterocycles. The van der Waals surface area contributed by atoms with Crippen LogP contribution in [-0.2, 0) is 0 Å². The van der Waals surface area contributed by atoms with E-state index >= 15 is 0 Å². The van der Waals surface area contributed by atoms with Crippen molar-refractivity contribution in [3.8, 4) is 0 Å². The Morgan fingerprint density at radius 2 is 1.52 bits per heavy atom. The van der Waals surface area contributed by atoms with Gasteiger partial charge in [0.05, 0.1) is 0 Å². The van der Waals surface area contributed by atoms with E-state index in [0.29, 0.717) is 5.69 Å². The Morgan fingerprint density at radius 1 is 0.905 bits per heavy atom. The summed E-state index contributed by atoms with van der Waals surface area (Å²) in [5.74, 6) is -1.96. The highest BCUT2D eigenvalue weighted by atomic mass is 19.2. The van der Waals surface area contributed by atoms with Crippen molar-refractivity contribution < 1.29 is 13.6 Å². The highest BCUT2D eigenvalue weighted by Gasteiger charge is 2.09. The van der Waals surface area contributed by atoms with Crippen molar-refractivity contribution in [2.24, 2.45) is 0 Å². The van der Waals surface area contributed by atoms with Crippen LogP contribution in [0.2, 0.25) is 0 Å². The maximum Gasteiger partial charge on any atom is 0.323 e. The first-order valence-corrected chi connectivity index (χ1v) is 6.47. The molecule has 0 atom stereocenters. The number of benzene rings is 2. The van der Waals surface area contributed by atoms with Crippen LogP contribution in [0.1, 0.15) is 16.7 Å². The zero-order valence-corrected chi connectivity index (χ0v) is 12.1. The lowest BCUT2D eigenvalue weighted by atomic mass is 10.1. The first kappa shape index (κ1) is 15.0. The van der Waals surface area contributed by atoms with Gasteiger partial charge in [0.25, 0.3) is 0 Å². The quantitative estimate of drug-likeness (QED) is 0.838. The SMILES string of the molecule is Cc1cc(C)c(NC(=O)Nc2ccc(F)c(F)c2)c(C)c1. The molecule has 0 aliphatic carbocycles. The van der Waals surface area contributed by atoms with Gasteiger partial charge in [0, 0.05) is 17.4 Å². The molecule has 110 valence electrons. The van der Waals surface area contributed by atoms with Gasteiger partial charge in [-0.25, -0.2) is 13.6 Å². The minimum absolute atomic E-state index is 0.189. The molecule has 2 rings (SSSR count). The minimum atomic E-state index is -1.00. The van der Waals surface area contributed by atoms with Crippen LogP contribution in [0.25, 0.3) is 0 Å². The minimum Gasteiger partial charge on any atom is -0.308 e. The van der Waals surface area contributed by atoms with Gasteiger partial charge in [0.2, 0.25) is 0 Å². The normalized spacial score (nSPS) is 10.3. The number of halogens is 2. The second-order valence-electron chi connectivity index (χ2n) is 4.98. The topological polar surface area (TPSA) is 41.1 Å². The number of rotatable bonds is 2. The molecule has 0 radical (unpaired) electrons. The van der Waals surface area contributed by atoms with Crippen LogP contribution >= 0.6 is 0 Å². The summed E-state index contributed by atoms with van der Waals surface area (Å²) in [5.41, 5.74) is 3.88. The van der Waals surface area contributed by atoms with Gasteiger partial charge in [-0.3, -0.25) is 0 Å². The Bertz CT molecular complexity index is 676. The van der Waals surface area contributed by atoms with Gasteiger partial charge in [-0.05, 0) is 44.0 Å². The summed E-state index contributed by atoms with van der Waals surface area (Å²) in [6, 6.07) is 6.61. The third-order valence-corrected chi connectivity index (χ3v) is 3.09. The molecular formula is C16H16F2N2O. The van der Waals surface area contributed by atoms with E-state index in [1.807, 2.05) is 32.9 Å². The molecule has 21 heavy (non-hydrogen) atoms. The summed E-state index contributed by atoms with van der Waals surface area (Å²) >= 11 is 0. The number of carbonyl (C=O) groups is 1. The van der Waals surface area contributed by atoms with Gasteiger partial charge >= 0.3 is 6.03 Å². The Hall–Kier alpha value is -2.43. The van der Waals surface area contributed by atoms with Crippen LogP contribution in [0.4, 0.5) is 25.0 Å². The van der Waals surface area contributed by atoms with E-state index in [-0.39, 0.29) is 5.69 Å². The average Bonchev–Trinajstić information content (AvgIpc) is 2.38. The van der Waals surface area contributed by atoms with Gasteiger partial charge in [0.15, 0.2) is 11.6 Å². The number of hydrogen-bond donors (Lipinski definition) is 2. The van der Waals surface area contributed by atoms with Gasteiger partial charge in [0.1, 0.15) is 0 Å². The molecule has 3 nitrogen and oxygen atoms in total. The highest BCUT2D eigenvalue weighted by Crippen LogP contribution is 2.22. The predicted octanol–water partition coefficient (Wildman–Crippen LogP) is 4.53. The number of carbonyl (C=O) groups excluding carboxylic acids is 1. The monoisotopic (exact) mass is 290 g/mol. The van der Waals surface area contributed by atoms with Crippen molar-refractivity contribution in [1.82, 2.24) is 0 Å². The summed E-state index contributed by atoms with van der Waals surface area (Å²) in [5, 5.41) is 5.19. The summed E-state index contributed by atoms with van der Waals surface area (Å²) in [4.78, 5) is 11.9. The Kier molecular flexibility index (Phi) is 4.21. The lowest BCUT2D eigenvalue weighted by molar-refractivity contribution is 0.262. The van der Waals surface area contributed by atoms with Crippen molar-refractivity contribution >= 4 is 17.4 Å². The van der Waals surface area contributed by atoms with E-state index in [4.69, 9.17) is 0 Å². The average molecular weight is 290 g/mol. The molecular weight excluding hydrogens is 274 g/mol. The van der Waals surface area contributed by atoms with Crippen LogP contribution in [0.3, 0.4) is 0 Å². The number of aryl methyl sites for hydroxylation is 3. The molecule has 0 unspecified atom stereocenters. The van der Waals surface area contributed by atoms with Crippen molar-refractivity contribution in [3.05, 3.63) is 58.7 Å². The molecule has 2 amide bonds. The molecule has 0 heterocycles. The molecule has 0 saturated carbocycles. The van der Waals surface area contributed by atoms with Crippen molar-refractivity contribution in [2.75, 3.05) is 10.6 Å². The Morgan fingerprint density at radius 3 is 2.10 bits per heavy atom. The van der Waals surface area contributed by atoms with Crippen LogP contribution in [0.15, 0.2) is 30.3 Å². The molecule has 5 heteroatoms. The van der Waals surface area contributed by atoms with Crippen LogP contribution < -0.4 is 10.6 Å².